The highest BCUT2D eigenvalue weighted by molar-refractivity contribution is 6.48. The van der Waals surface area contributed by atoms with Gasteiger partial charge in [-0.1, -0.05) is 47.0 Å². The molecule has 3 nitrogen and oxygen atoms in total. The van der Waals surface area contributed by atoms with E-state index in [0.29, 0.717) is 5.69 Å². The van der Waals surface area contributed by atoms with Gasteiger partial charge < -0.3 is 0 Å². The van der Waals surface area contributed by atoms with Crippen LogP contribution < -0.4 is 4.90 Å². The maximum absolute atomic E-state index is 13.0. The summed E-state index contributed by atoms with van der Waals surface area (Å²) in [5.41, 5.74) is -0.265. The highest BCUT2D eigenvalue weighted by Crippen LogP contribution is 2.61. The predicted octanol–water partition coefficient (Wildman–Crippen LogP) is 4.35. The molecule has 2 bridgehead atoms. The first kappa shape index (κ1) is 14.6. The molecule has 2 amide bonds. The molecular weight excluding hydrogens is 345 g/mol. The van der Waals surface area contributed by atoms with E-state index in [2.05, 4.69) is 12.2 Å². The monoisotopic (exact) mass is 355 g/mol. The summed E-state index contributed by atoms with van der Waals surface area (Å²) in [6.07, 6.45) is 5.01. The van der Waals surface area contributed by atoms with E-state index in [9.17, 15) is 9.59 Å². The Balaban J connectivity index is 1.83. The second kappa shape index (κ2) is 4.50. The zero-order valence-electron chi connectivity index (χ0n) is 11.6. The Labute approximate surface area is 142 Å². The minimum Gasteiger partial charge on any atom is -0.274 e. The number of anilines is 1. The molecule has 0 unspecified atom stereocenters. The smallest absolute Gasteiger partial charge is 0.241 e. The van der Waals surface area contributed by atoms with Crippen molar-refractivity contribution in [3.8, 4) is 0 Å². The van der Waals surface area contributed by atoms with Gasteiger partial charge in [0, 0.05) is 0 Å². The number of halogens is 3. The van der Waals surface area contributed by atoms with Crippen LogP contribution >= 0.6 is 34.8 Å². The quantitative estimate of drug-likeness (QED) is 0.426. The maximum Gasteiger partial charge on any atom is 0.241 e. The average molecular weight is 357 g/mol. The molecule has 1 saturated heterocycles. The van der Waals surface area contributed by atoms with Crippen LogP contribution in [-0.2, 0) is 9.59 Å². The third kappa shape index (κ3) is 1.60. The lowest BCUT2D eigenvalue weighted by Gasteiger charge is -2.28. The van der Waals surface area contributed by atoms with Crippen molar-refractivity contribution in [2.45, 2.75) is 13.3 Å². The molecular formula is C16H12Cl3NO2. The lowest BCUT2D eigenvalue weighted by molar-refractivity contribution is -0.127. The van der Waals surface area contributed by atoms with Crippen LogP contribution in [0.5, 0.6) is 0 Å². The molecule has 4 atom stereocenters. The summed E-state index contributed by atoms with van der Waals surface area (Å²) >= 11 is 18.0. The SMILES string of the molecule is C[C@@]12C(=O)N(c3cc(Cl)c(Cl)c(Cl)c3)C(=O)[C@@H]1[C@@H]1C=C[C@@H]2C1. The van der Waals surface area contributed by atoms with Gasteiger partial charge in [-0.25, -0.2) is 4.90 Å². The number of benzene rings is 1. The maximum atomic E-state index is 13.0. The molecule has 2 aliphatic carbocycles. The number of amides is 2. The van der Waals surface area contributed by atoms with E-state index in [1.165, 1.54) is 17.0 Å². The van der Waals surface area contributed by atoms with E-state index in [-0.39, 0.29) is 44.6 Å². The third-order valence-electron chi connectivity index (χ3n) is 5.34. The minimum atomic E-state index is -0.658. The first-order chi connectivity index (χ1) is 10.4. The minimum absolute atomic E-state index is 0.127. The van der Waals surface area contributed by atoms with Crippen LogP contribution in [0.15, 0.2) is 24.3 Å². The van der Waals surface area contributed by atoms with Crippen molar-refractivity contribution in [1.29, 1.82) is 0 Å². The van der Waals surface area contributed by atoms with Crippen molar-refractivity contribution in [2.24, 2.45) is 23.2 Å². The molecule has 0 aromatic heterocycles. The highest BCUT2D eigenvalue weighted by Gasteiger charge is 2.67. The van der Waals surface area contributed by atoms with Crippen LogP contribution in [0, 0.1) is 23.2 Å². The molecule has 0 radical (unpaired) electrons. The first-order valence-electron chi connectivity index (χ1n) is 7.07. The van der Waals surface area contributed by atoms with E-state index in [4.69, 9.17) is 34.8 Å². The van der Waals surface area contributed by atoms with Crippen LogP contribution in [0.1, 0.15) is 13.3 Å². The summed E-state index contributed by atoms with van der Waals surface area (Å²) in [5, 5.41) is 0.681. The van der Waals surface area contributed by atoms with Crippen molar-refractivity contribution in [3.05, 3.63) is 39.4 Å². The molecule has 1 saturated carbocycles. The standard InChI is InChI=1S/C16H12Cl3NO2/c1-16-8-3-2-7(4-8)12(16)14(21)20(15(16)22)9-5-10(17)13(19)11(18)6-9/h2-3,5-8,12H,4H2,1H3/t7-,8-,12+,16+/m1/s1. The molecule has 114 valence electrons. The van der Waals surface area contributed by atoms with Crippen LogP contribution in [0.25, 0.3) is 0 Å². The van der Waals surface area contributed by atoms with Gasteiger partial charge in [0.05, 0.1) is 32.1 Å². The second-order valence-electron chi connectivity index (χ2n) is 6.35. The fourth-order valence-corrected chi connectivity index (χ4v) is 4.81. The molecule has 1 aromatic carbocycles. The summed E-state index contributed by atoms with van der Waals surface area (Å²) in [6, 6.07) is 3.04. The zero-order valence-corrected chi connectivity index (χ0v) is 13.9. The topological polar surface area (TPSA) is 37.4 Å². The molecule has 6 heteroatoms. The van der Waals surface area contributed by atoms with Gasteiger partial charge in [0.1, 0.15) is 0 Å². The number of nitrogens with zero attached hydrogens (tertiary/aromatic N) is 1. The van der Waals surface area contributed by atoms with Gasteiger partial charge in [-0.05, 0) is 37.3 Å². The van der Waals surface area contributed by atoms with Crippen molar-refractivity contribution < 1.29 is 9.59 Å². The van der Waals surface area contributed by atoms with Crippen LogP contribution in [0.4, 0.5) is 5.69 Å². The molecule has 0 N–H and O–H groups in total. The molecule has 1 aromatic rings. The highest BCUT2D eigenvalue weighted by atomic mass is 35.5. The summed E-state index contributed by atoms with van der Waals surface area (Å²) in [5.74, 6) is -0.354. The Morgan fingerprint density at radius 2 is 1.77 bits per heavy atom. The molecule has 1 heterocycles. The number of fused-ring (bicyclic) bond motifs is 5. The molecule has 2 fully saturated rings. The van der Waals surface area contributed by atoms with Crippen LogP contribution in [-0.4, -0.2) is 11.8 Å². The van der Waals surface area contributed by atoms with Gasteiger partial charge >= 0.3 is 0 Å². The first-order valence-corrected chi connectivity index (χ1v) is 8.20. The Hall–Kier alpha value is -1.03. The summed E-state index contributed by atoms with van der Waals surface area (Å²) in [4.78, 5) is 27.0. The van der Waals surface area contributed by atoms with Crippen molar-refractivity contribution in [2.75, 3.05) is 4.90 Å². The predicted molar refractivity (Wildman–Crippen MR) is 86.3 cm³/mol. The fraction of sp³-hybridized carbons (Fsp3) is 0.375. The molecule has 22 heavy (non-hydrogen) atoms. The normalized spacial score (nSPS) is 35.6. The van der Waals surface area contributed by atoms with Gasteiger partial charge in [-0.2, -0.15) is 0 Å². The van der Waals surface area contributed by atoms with E-state index in [0.717, 1.165) is 6.42 Å². The van der Waals surface area contributed by atoms with Crippen molar-refractivity contribution >= 4 is 52.3 Å². The van der Waals surface area contributed by atoms with E-state index in [1.54, 1.807) is 0 Å². The van der Waals surface area contributed by atoms with Crippen molar-refractivity contribution in [3.63, 3.8) is 0 Å². The number of hydrogen-bond acceptors (Lipinski definition) is 2. The summed E-state index contributed by atoms with van der Waals surface area (Å²) in [7, 11) is 0. The second-order valence-corrected chi connectivity index (χ2v) is 7.55. The lowest BCUT2D eigenvalue weighted by Crippen LogP contribution is -2.37. The average Bonchev–Trinajstić information content (AvgIpc) is 3.09. The number of imide groups is 1. The molecule has 1 aliphatic heterocycles. The van der Waals surface area contributed by atoms with E-state index < -0.39 is 5.41 Å². The Bertz CT molecular complexity index is 737. The van der Waals surface area contributed by atoms with E-state index >= 15 is 0 Å². The zero-order chi connectivity index (χ0) is 15.8. The lowest BCUT2D eigenvalue weighted by atomic mass is 9.71. The largest absolute Gasteiger partial charge is 0.274 e. The van der Waals surface area contributed by atoms with Gasteiger partial charge in [0.15, 0.2) is 0 Å². The van der Waals surface area contributed by atoms with Crippen LogP contribution in [0.2, 0.25) is 15.1 Å². The number of rotatable bonds is 1. The van der Waals surface area contributed by atoms with Gasteiger partial charge in [0.2, 0.25) is 11.8 Å². The summed E-state index contributed by atoms with van der Waals surface area (Å²) in [6.45, 7) is 1.89. The number of carbonyl (C=O) groups is 2. The fourth-order valence-electron chi connectivity index (χ4n) is 4.22. The number of hydrogen-bond donors (Lipinski definition) is 0. The molecule has 4 rings (SSSR count). The number of allylic oxidation sites excluding steroid dienone is 2. The van der Waals surface area contributed by atoms with Gasteiger partial charge in [0.25, 0.3) is 0 Å². The van der Waals surface area contributed by atoms with Gasteiger partial charge in [-0.3, -0.25) is 9.59 Å². The molecule has 0 spiro atoms. The number of carbonyl (C=O) groups excluding carboxylic acids is 2. The summed E-state index contributed by atoms with van der Waals surface area (Å²) < 4.78 is 0. The molecule has 3 aliphatic rings. The Morgan fingerprint density at radius 1 is 1.14 bits per heavy atom. The van der Waals surface area contributed by atoms with Crippen molar-refractivity contribution in [1.82, 2.24) is 0 Å². The van der Waals surface area contributed by atoms with Gasteiger partial charge in [-0.15, -0.1) is 0 Å². The van der Waals surface area contributed by atoms with Crippen LogP contribution in [0.3, 0.4) is 0 Å². The third-order valence-corrected chi connectivity index (χ3v) is 6.54. The Kier molecular flexibility index (Phi) is 2.98. The Morgan fingerprint density at radius 3 is 2.36 bits per heavy atom. The van der Waals surface area contributed by atoms with E-state index in [1.807, 2.05) is 6.92 Å².